The van der Waals surface area contributed by atoms with Gasteiger partial charge in [0, 0.05) is 12.1 Å². The number of benzene rings is 3. The zero-order valence-corrected chi connectivity index (χ0v) is 20.6. The zero-order valence-electron chi connectivity index (χ0n) is 20.6. The highest BCUT2D eigenvalue weighted by atomic mass is 16.2. The Bertz CT molecular complexity index is 1170. The Labute approximate surface area is 211 Å². The molecule has 3 aromatic rings. The third kappa shape index (κ3) is 7.81. The maximum Gasteiger partial charge on any atom is 0.243 e. The van der Waals surface area contributed by atoms with Crippen LogP contribution in [-0.2, 0) is 20.8 Å². The van der Waals surface area contributed by atoms with E-state index in [2.05, 4.69) is 16.0 Å². The monoisotopic (exact) mass is 489 g/mol. The van der Waals surface area contributed by atoms with E-state index in [4.69, 9.17) is 11.5 Å². The van der Waals surface area contributed by atoms with Crippen molar-refractivity contribution in [1.29, 1.82) is 0 Å². The molecular formula is C28H35N5O3. The molecule has 0 aliphatic carbocycles. The van der Waals surface area contributed by atoms with Crippen molar-refractivity contribution in [2.24, 2.45) is 11.5 Å². The number of rotatable bonds is 13. The first-order valence-electron chi connectivity index (χ1n) is 12.3. The summed E-state index contributed by atoms with van der Waals surface area (Å²) in [5, 5.41) is 10.9. The number of carbonyl (C=O) groups excluding carboxylic acids is 3. The van der Waals surface area contributed by atoms with Crippen LogP contribution in [0.1, 0.15) is 31.7 Å². The van der Waals surface area contributed by atoms with Crippen LogP contribution in [0.5, 0.6) is 0 Å². The molecule has 0 aliphatic rings. The summed E-state index contributed by atoms with van der Waals surface area (Å²) in [5.74, 6) is -1.41. The lowest BCUT2D eigenvalue weighted by molar-refractivity contribution is -0.131. The van der Waals surface area contributed by atoms with Crippen molar-refractivity contribution in [3.8, 4) is 0 Å². The summed E-state index contributed by atoms with van der Waals surface area (Å²) >= 11 is 0. The lowest BCUT2D eigenvalue weighted by Gasteiger charge is -2.24. The Morgan fingerprint density at radius 2 is 1.47 bits per heavy atom. The van der Waals surface area contributed by atoms with Crippen molar-refractivity contribution < 1.29 is 14.4 Å². The maximum absolute atomic E-state index is 13.2. The van der Waals surface area contributed by atoms with Crippen LogP contribution in [0.25, 0.3) is 10.8 Å². The first kappa shape index (κ1) is 26.7. The summed E-state index contributed by atoms with van der Waals surface area (Å²) < 4.78 is 0. The van der Waals surface area contributed by atoms with Gasteiger partial charge in [-0.25, -0.2) is 0 Å². The van der Waals surface area contributed by atoms with Gasteiger partial charge in [-0.3, -0.25) is 14.4 Å². The van der Waals surface area contributed by atoms with Crippen molar-refractivity contribution in [1.82, 2.24) is 10.6 Å². The van der Waals surface area contributed by atoms with Crippen molar-refractivity contribution in [2.75, 3.05) is 11.9 Å². The van der Waals surface area contributed by atoms with Crippen LogP contribution in [0.4, 0.5) is 5.69 Å². The lowest BCUT2D eigenvalue weighted by Crippen LogP contribution is -2.55. The molecule has 0 radical (unpaired) electrons. The average molecular weight is 490 g/mol. The predicted octanol–water partition coefficient (Wildman–Crippen LogP) is 2.47. The highest BCUT2D eigenvalue weighted by Gasteiger charge is 2.27. The molecule has 7 N–H and O–H groups in total. The third-order valence-corrected chi connectivity index (χ3v) is 6.05. The van der Waals surface area contributed by atoms with E-state index in [-0.39, 0.29) is 12.3 Å². The number of carbonyl (C=O) groups is 3. The van der Waals surface area contributed by atoms with Gasteiger partial charge in [0.15, 0.2) is 0 Å². The third-order valence-electron chi connectivity index (χ3n) is 6.05. The molecule has 0 heterocycles. The minimum Gasteiger partial charge on any atom is -0.374 e. The fraction of sp³-hybridized carbons (Fsp3) is 0.321. The first-order chi connectivity index (χ1) is 17.4. The fourth-order valence-electron chi connectivity index (χ4n) is 4.00. The highest BCUT2D eigenvalue weighted by molar-refractivity contribution is 5.94. The van der Waals surface area contributed by atoms with E-state index in [9.17, 15) is 14.4 Å². The van der Waals surface area contributed by atoms with Gasteiger partial charge in [0.1, 0.15) is 18.1 Å². The Morgan fingerprint density at radius 3 is 2.17 bits per heavy atom. The van der Waals surface area contributed by atoms with Crippen molar-refractivity contribution in [3.63, 3.8) is 0 Å². The maximum atomic E-state index is 13.2. The molecule has 36 heavy (non-hydrogen) atoms. The zero-order chi connectivity index (χ0) is 25.9. The van der Waals surface area contributed by atoms with E-state index in [0.717, 1.165) is 28.4 Å². The van der Waals surface area contributed by atoms with Crippen molar-refractivity contribution >= 4 is 34.2 Å². The average Bonchev–Trinajstić information content (AvgIpc) is 2.88. The Kier molecular flexibility index (Phi) is 9.82. The predicted molar refractivity (Wildman–Crippen MR) is 143 cm³/mol. The number of unbranched alkanes of at least 4 members (excludes halogenated alkanes) is 1. The van der Waals surface area contributed by atoms with Crippen LogP contribution in [0.3, 0.4) is 0 Å². The number of nitrogens with one attached hydrogen (secondary N) is 3. The molecule has 3 amide bonds. The van der Waals surface area contributed by atoms with Crippen LogP contribution < -0.4 is 27.4 Å². The van der Waals surface area contributed by atoms with Gasteiger partial charge in [-0.05, 0) is 61.2 Å². The van der Waals surface area contributed by atoms with Gasteiger partial charge >= 0.3 is 0 Å². The highest BCUT2D eigenvalue weighted by Crippen LogP contribution is 2.19. The molecule has 3 aromatic carbocycles. The van der Waals surface area contributed by atoms with E-state index in [0.29, 0.717) is 19.4 Å². The van der Waals surface area contributed by atoms with E-state index in [1.54, 1.807) is 6.92 Å². The van der Waals surface area contributed by atoms with E-state index >= 15 is 0 Å². The molecule has 0 saturated carbocycles. The fourth-order valence-corrected chi connectivity index (χ4v) is 4.00. The standard InChI is InChI=1S/C28H35N5O3/c1-19(31-23-15-14-21-11-5-6-12-22(21)18-23)27(35)33-25(17-20-9-3-2-4-10-20)28(36)32-24(26(30)34)13-7-8-16-29/h2-6,9-12,14-15,18-19,24-25,31H,7-8,13,16-17,29H2,1H3,(H2,30,34)(H,32,36)(H,33,35). The molecule has 0 saturated heterocycles. The second kappa shape index (κ2) is 13.3. The molecule has 3 rings (SSSR count). The van der Waals surface area contributed by atoms with Gasteiger partial charge in [-0.1, -0.05) is 60.7 Å². The summed E-state index contributed by atoms with van der Waals surface area (Å²) in [6, 6.07) is 20.9. The number of fused-ring (bicyclic) bond motifs is 1. The number of nitrogens with two attached hydrogens (primary N) is 2. The summed E-state index contributed by atoms with van der Waals surface area (Å²) in [7, 11) is 0. The molecule has 3 unspecified atom stereocenters. The molecule has 8 heteroatoms. The van der Waals surface area contributed by atoms with Gasteiger partial charge < -0.3 is 27.4 Å². The smallest absolute Gasteiger partial charge is 0.243 e. The van der Waals surface area contributed by atoms with Crippen LogP contribution in [-0.4, -0.2) is 42.4 Å². The Hall–Kier alpha value is -3.91. The van der Waals surface area contributed by atoms with Crippen LogP contribution in [0, 0.1) is 0 Å². The van der Waals surface area contributed by atoms with Crippen molar-refractivity contribution in [2.45, 2.75) is 50.7 Å². The summed E-state index contributed by atoms with van der Waals surface area (Å²) in [6.07, 6.45) is 2.05. The van der Waals surface area contributed by atoms with Gasteiger partial charge in [-0.15, -0.1) is 0 Å². The number of hydrogen-bond donors (Lipinski definition) is 5. The molecule has 0 aromatic heterocycles. The molecule has 8 nitrogen and oxygen atoms in total. The summed E-state index contributed by atoms with van der Waals surface area (Å²) in [4.78, 5) is 38.2. The minimum absolute atomic E-state index is 0.273. The number of primary amides is 1. The van der Waals surface area contributed by atoms with Crippen LogP contribution >= 0.6 is 0 Å². The first-order valence-corrected chi connectivity index (χ1v) is 12.3. The van der Waals surface area contributed by atoms with E-state index < -0.39 is 29.9 Å². The topological polar surface area (TPSA) is 139 Å². The molecule has 190 valence electrons. The Morgan fingerprint density at radius 1 is 0.806 bits per heavy atom. The summed E-state index contributed by atoms with van der Waals surface area (Å²) in [5.41, 5.74) is 12.7. The van der Waals surface area contributed by atoms with Gasteiger partial charge in [-0.2, -0.15) is 0 Å². The molecule has 0 aliphatic heterocycles. The summed E-state index contributed by atoms with van der Waals surface area (Å²) in [6.45, 7) is 2.23. The van der Waals surface area contributed by atoms with Gasteiger partial charge in [0.05, 0.1) is 0 Å². The number of hydrogen-bond acceptors (Lipinski definition) is 5. The molecule has 0 bridgehead atoms. The van der Waals surface area contributed by atoms with Crippen molar-refractivity contribution in [3.05, 3.63) is 78.4 Å². The lowest BCUT2D eigenvalue weighted by atomic mass is 10.0. The van der Waals surface area contributed by atoms with Crippen LogP contribution in [0.2, 0.25) is 0 Å². The molecule has 0 fully saturated rings. The number of amides is 3. The van der Waals surface area contributed by atoms with Gasteiger partial charge in [0.2, 0.25) is 17.7 Å². The molecular weight excluding hydrogens is 454 g/mol. The molecule has 0 spiro atoms. The second-order valence-corrected chi connectivity index (χ2v) is 8.93. The normalized spacial score (nSPS) is 13.4. The SMILES string of the molecule is CC(Nc1ccc2ccccc2c1)C(=O)NC(Cc1ccccc1)C(=O)NC(CCCCN)C(N)=O. The Balaban J connectivity index is 1.70. The largest absolute Gasteiger partial charge is 0.374 e. The second-order valence-electron chi connectivity index (χ2n) is 8.93. The van der Waals surface area contributed by atoms with E-state index in [1.165, 1.54) is 0 Å². The number of anilines is 1. The van der Waals surface area contributed by atoms with Gasteiger partial charge in [0.25, 0.3) is 0 Å². The quantitative estimate of drug-likeness (QED) is 0.235. The van der Waals surface area contributed by atoms with E-state index in [1.807, 2.05) is 72.8 Å². The van der Waals surface area contributed by atoms with Crippen LogP contribution in [0.15, 0.2) is 72.8 Å². The minimum atomic E-state index is -0.878. The molecule has 3 atom stereocenters.